The first-order chi connectivity index (χ1) is 12.3. The van der Waals surface area contributed by atoms with Crippen LogP contribution in [0.1, 0.15) is 51.5 Å². The lowest BCUT2D eigenvalue weighted by molar-refractivity contribution is 0.100. The summed E-state index contributed by atoms with van der Waals surface area (Å²) >= 11 is 0. The summed E-state index contributed by atoms with van der Waals surface area (Å²) < 4.78 is 1.78. The summed E-state index contributed by atoms with van der Waals surface area (Å²) in [7, 11) is 0. The maximum atomic E-state index is 12.1. The van der Waals surface area contributed by atoms with Crippen molar-refractivity contribution in [3.8, 4) is 11.4 Å². The van der Waals surface area contributed by atoms with E-state index in [2.05, 4.69) is 0 Å². The molecule has 1 aliphatic rings. The summed E-state index contributed by atoms with van der Waals surface area (Å²) in [4.78, 5) is 16.8. The fourth-order valence-electron chi connectivity index (χ4n) is 3.63. The zero-order chi connectivity index (χ0) is 18.7. The molecule has 5 N–H and O–H groups in total. The molecule has 1 fully saturated rings. The highest BCUT2D eigenvalue weighted by Gasteiger charge is 2.31. The number of hydrogen-bond donors (Lipinski definition) is 3. The van der Waals surface area contributed by atoms with Crippen LogP contribution in [0.15, 0.2) is 18.2 Å². The van der Waals surface area contributed by atoms with Crippen molar-refractivity contribution in [2.24, 2.45) is 5.73 Å². The second kappa shape index (κ2) is 5.49. The van der Waals surface area contributed by atoms with Crippen molar-refractivity contribution in [3.63, 3.8) is 0 Å². The van der Waals surface area contributed by atoms with Crippen molar-refractivity contribution in [1.29, 1.82) is 0 Å². The van der Waals surface area contributed by atoms with Crippen LogP contribution in [0, 0.1) is 20.8 Å². The predicted molar refractivity (Wildman–Crippen MR) is 102 cm³/mol. The minimum atomic E-state index is -0.581. The first kappa shape index (κ1) is 16.4. The molecule has 4 rings (SSSR count). The average molecular weight is 350 g/mol. The molecule has 6 heteroatoms. The molecule has 0 radical (unpaired) electrons. The Morgan fingerprint density at radius 2 is 1.96 bits per heavy atom. The van der Waals surface area contributed by atoms with Crippen LogP contribution in [0.4, 0.5) is 5.82 Å². The van der Waals surface area contributed by atoms with Gasteiger partial charge in [0.05, 0.1) is 11.3 Å². The monoisotopic (exact) mass is 350 g/mol. The van der Waals surface area contributed by atoms with E-state index in [1.54, 1.807) is 10.6 Å². The van der Waals surface area contributed by atoms with Gasteiger partial charge in [-0.2, -0.15) is 0 Å². The molecule has 26 heavy (non-hydrogen) atoms. The Morgan fingerprint density at radius 3 is 2.58 bits per heavy atom. The largest absolute Gasteiger partial charge is 0.508 e. The second-order valence-electron chi connectivity index (χ2n) is 7.14. The van der Waals surface area contributed by atoms with Crippen LogP contribution in [-0.4, -0.2) is 20.6 Å². The van der Waals surface area contributed by atoms with Gasteiger partial charge in [-0.25, -0.2) is 4.98 Å². The van der Waals surface area contributed by atoms with Crippen LogP contribution in [-0.2, 0) is 0 Å². The zero-order valence-electron chi connectivity index (χ0n) is 15.1. The molecule has 3 aromatic rings. The number of nitrogens with two attached hydrogens (primary N) is 2. The van der Waals surface area contributed by atoms with Gasteiger partial charge in [0.2, 0.25) is 0 Å². The Kier molecular flexibility index (Phi) is 3.47. The minimum absolute atomic E-state index is 0.190. The van der Waals surface area contributed by atoms with E-state index in [4.69, 9.17) is 16.5 Å². The fraction of sp³-hybridized carbons (Fsp3) is 0.300. The average Bonchev–Trinajstić information content (AvgIpc) is 3.36. The Balaban J connectivity index is 2.17. The number of pyridine rings is 1. The van der Waals surface area contributed by atoms with Gasteiger partial charge in [0.15, 0.2) is 0 Å². The van der Waals surface area contributed by atoms with E-state index in [1.165, 1.54) is 0 Å². The second-order valence-corrected chi connectivity index (χ2v) is 7.14. The van der Waals surface area contributed by atoms with Gasteiger partial charge in [0.1, 0.15) is 17.2 Å². The highest BCUT2D eigenvalue weighted by molar-refractivity contribution is 6.11. The van der Waals surface area contributed by atoms with Crippen LogP contribution >= 0.6 is 0 Å². The van der Waals surface area contributed by atoms with Crippen LogP contribution in [0.3, 0.4) is 0 Å². The van der Waals surface area contributed by atoms with Crippen molar-refractivity contribution < 1.29 is 9.90 Å². The van der Waals surface area contributed by atoms with E-state index in [1.807, 2.05) is 32.9 Å². The molecule has 0 atom stereocenters. The molecule has 0 spiro atoms. The van der Waals surface area contributed by atoms with E-state index >= 15 is 0 Å². The number of primary amides is 1. The number of phenols is 1. The Bertz CT molecular complexity index is 1080. The number of aromatic hydroxyl groups is 1. The highest BCUT2D eigenvalue weighted by Crippen LogP contribution is 2.46. The van der Waals surface area contributed by atoms with Crippen molar-refractivity contribution in [1.82, 2.24) is 9.55 Å². The summed E-state index contributed by atoms with van der Waals surface area (Å²) in [6, 6.07) is 5.55. The number of fused-ring (bicyclic) bond motifs is 1. The Labute approximate surface area is 151 Å². The van der Waals surface area contributed by atoms with E-state index in [-0.39, 0.29) is 17.1 Å². The molecule has 2 heterocycles. The molecule has 6 nitrogen and oxygen atoms in total. The minimum Gasteiger partial charge on any atom is -0.508 e. The number of phenolic OH excluding ortho intramolecular Hbond substituents is 1. The highest BCUT2D eigenvalue weighted by atomic mass is 16.3. The lowest BCUT2D eigenvalue weighted by Crippen LogP contribution is -2.14. The number of aromatic nitrogens is 2. The van der Waals surface area contributed by atoms with Crippen LogP contribution in [0.25, 0.3) is 16.7 Å². The van der Waals surface area contributed by atoms with Gasteiger partial charge < -0.3 is 16.6 Å². The van der Waals surface area contributed by atoms with Crippen LogP contribution in [0.5, 0.6) is 5.75 Å². The molecule has 134 valence electrons. The van der Waals surface area contributed by atoms with E-state index in [0.717, 1.165) is 35.3 Å². The standard InChI is InChI=1S/C20H22N4O2/c1-9-8-14-16(19(22)26)18(21)24(20(14)23-11(9)3)17-10(2)15(25)7-6-13(17)12-4-5-12/h6-8,12,25H,4-5,21H2,1-3H3,(H2,22,26). The number of rotatable bonds is 3. The third kappa shape index (κ3) is 2.25. The molecule has 1 aliphatic carbocycles. The Hall–Kier alpha value is -3.02. The normalized spacial score (nSPS) is 14.1. The third-order valence-electron chi connectivity index (χ3n) is 5.35. The molecule has 1 aromatic carbocycles. The first-order valence-electron chi connectivity index (χ1n) is 8.72. The molecular weight excluding hydrogens is 328 g/mol. The van der Waals surface area contributed by atoms with Gasteiger partial charge >= 0.3 is 0 Å². The predicted octanol–water partition coefficient (Wildman–Crippen LogP) is 3.21. The molecular formula is C20H22N4O2. The zero-order valence-corrected chi connectivity index (χ0v) is 15.1. The molecule has 1 amide bonds. The number of nitrogens with zero attached hydrogens (tertiary/aromatic N) is 2. The molecule has 0 aliphatic heterocycles. The summed E-state index contributed by atoms with van der Waals surface area (Å²) in [6.07, 6.45) is 2.20. The van der Waals surface area contributed by atoms with Crippen molar-refractivity contribution in [2.45, 2.75) is 39.5 Å². The fourth-order valence-corrected chi connectivity index (χ4v) is 3.63. The van der Waals surface area contributed by atoms with Gasteiger partial charge in [-0.3, -0.25) is 9.36 Å². The maximum Gasteiger partial charge on any atom is 0.253 e. The van der Waals surface area contributed by atoms with Crippen LogP contribution in [0.2, 0.25) is 0 Å². The summed E-state index contributed by atoms with van der Waals surface area (Å²) in [5, 5.41) is 10.9. The van der Waals surface area contributed by atoms with E-state index in [0.29, 0.717) is 22.5 Å². The number of benzene rings is 1. The van der Waals surface area contributed by atoms with Crippen molar-refractivity contribution >= 4 is 22.8 Å². The lowest BCUT2D eigenvalue weighted by atomic mass is 10.0. The molecule has 0 saturated heterocycles. The number of amides is 1. The lowest BCUT2D eigenvalue weighted by Gasteiger charge is -2.17. The summed E-state index contributed by atoms with van der Waals surface area (Å²) in [5.41, 5.74) is 17.4. The third-order valence-corrected chi connectivity index (χ3v) is 5.35. The number of hydrogen-bond acceptors (Lipinski definition) is 4. The van der Waals surface area contributed by atoms with Gasteiger partial charge in [0, 0.05) is 16.6 Å². The number of aryl methyl sites for hydroxylation is 2. The molecule has 1 saturated carbocycles. The Morgan fingerprint density at radius 1 is 1.27 bits per heavy atom. The molecule has 0 unspecified atom stereocenters. The number of anilines is 1. The van der Waals surface area contributed by atoms with E-state index in [9.17, 15) is 9.90 Å². The number of nitrogen functional groups attached to an aromatic ring is 1. The summed E-state index contributed by atoms with van der Waals surface area (Å²) in [6.45, 7) is 5.71. The summed E-state index contributed by atoms with van der Waals surface area (Å²) in [5.74, 6) is 0.308. The number of carbonyl (C=O) groups is 1. The molecule has 0 bridgehead atoms. The van der Waals surface area contributed by atoms with Gasteiger partial charge in [-0.1, -0.05) is 6.07 Å². The van der Waals surface area contributed by atoms with Gasteiger partial charge in [-0.05, 0) is 62.8 Å². The smallest absolute Gasteiger partial charge is 0.253 e. The SMILES string of the molecule is Cc1cc2c(C(N)=O)c(N)n(-c3c(C4CC4)ccc(O)c3C)c2nc1C. The van der Waals surface area contributed by atoms with Crippen LogP contribution < -0.4 is 11.5 Å². The quantitative estimate of drug-likeness (QED) is 0.674. The van der Waals surface area contributed by atoms with Gasteiger partial charge in [-0.15, -0.1) is 0 Å². The number of carbonyl (C=O) groups excluding carboxylic acids is 1. The maximum absolute atomic E-state index is 12.1. The molecule has 2 aromatic heterocycles. The van der Waals surface area contributed by atoms with E-state index < -0.39 is 5.91 Å². The first-order valence-corrected chi connectivity index (χ1v) is 8.72. The van der Waals surface area contributed by atoms with Gasteiger partial charge in [0.25, 0.3) is 5.91 Å². The van der Waals surface area contributed by atoms with Crippen molar-refractivity contribution in [2.75, 3.05) is 5.73 Å². The topological polar surface area (TPSA) is 107 Å². The van der Waals surface area contributed by atoms with Crippen molar-refractivity contribution in [3.05, 3.63) is 46.1 Å².